The third kappa shape index (κ3) is 2.73. The van der Waals surface area contributed by atoms with E-state index in [2.05, 4.69) is 0 Å². The number of hydrogen-bond acceptors (Lipinski definition) is 3. The van der Waals surface area contributed by atoms with Crippen molar-refractivity contribution < 1.29 is 13.2 Å². The van der Waals surface area contributed by atoms with E-state index in [1.807, 2.05) is 35.2 Å². The molecule has 0 N–H and O–H groups in total. The number of fused-ring (bicyclic) bond motifs is 1. The van der Waals surface area contributed by atoms with Crippen molar-refractivity contribution in [1.29, 1.82) is 0 Å². The summed E-state index contributed by atoms with van der Waals surface area (Å²) < 4.78 is 23.7. The van der Waals surface area contributed by atoms with E-state index in [1.165, 1.54) is 0 Å². The quantitative estimate of drug-likeness (QED) is 0.832. The fraction of sp³-hybridized carbons (Fsp3) is 0.533. The normalized spacial score (nSPS) is 29.0. The van der Waals surface area contributed by atoms with Crippen LogP contribution in [0.25, 0.3) is 0 Å². The van der Waals surface area contributed by atoms with Gasteiger partial charge >= 0.3 is 0 Å². The second-order valence-electron chi connectivity index (χ2n) is 5.80. The van der Waals surface area contributed by atoms with Gasteiger partial charge in [-0.2, -0.15) is 0 Å². The molecule has 1 aromatic carbocycles. The van der Waals surface area contributed by atoms with Gasteiger partial charge in [0.15, 0.2) is 9.84 Å². The average Bonchev–Trinajstić information content (AvgIpc) is 2.58. The lowest BCUT2D eigenvalue weighted by Crippen LogP contribution is -2.35. The fourth-order valence-electron chi connectivity index (χ4n) is 3.39. The van der Waals surface area contributed by atoms with Crippen molar-refractivity contribution in [3.05, 3.63) is 35.9 Å². The van der Waals surface area contributed by atoms with E-state index < -0.39 is 9.84 Å². The number of nitrogens with zero attached hydrogens (tertiary/aromatic N) is 1. The van der Waals surface area contributed by atoms with Crippen molar-refractivity contribution in [3.8, 4) is 0 Å². The van der Waals surface area contributed by atoms with Gasteiger partial charge in [0.05, 0.1) is 11.5 Å². The van der Waals surface area contributed by atoms with E-state index in [-0.39, 0.29) is 29.4 Å². The van der Waals surface area contributed by atoms with Crippen LogP contribution in [-0.4, -0.2) is 36.8 Å². The molecule has 2 aliphatic rings. The van der Waals surface area contributed by atoms with Crippen LogP contribution in [0.15, 0.2) is 30.3 Å². The Morgan fingerprint density at radius 2 is 1.95 bits per heavy atom. The van der Waals surface area contributed by atoms with Crippen LogP contribution in [0.4, 0.5) is 0 Å². The fourth-order valence-corrected chi connectivity index (χ4v) is 5.15. The van der Waals surface area contributed by atoms with Crippen molar-refractivity contribution in [2.24, 2.45) is 5.92 Å². The van der Waals surface area contributed by atoms with Gasteiger partial charge in [0, 0.05) is 24.9 Å². The highest BCUT2D eigenvalue weighted by molar-refractivity contribution is 7.91. The van der Waals surface area contributed by atoms with Crippen LogP contribution in [0, 0.1) is 5.92 Å². The summed E-state index contributed by atoms with van der Waals surface area (Å²) in [7, 11) is -2.97. The van der Waals surface area contributed by atoms with Gasteiger partial charge in [-0.15, -0.1) is 0 Å². The number of sulfone groups is 1. The Morgan fingerprint density at radius 3 is 2.70 bits per heavy atom. The Morgan fingerprint density at radius 1 is 1.20 bits per heavy atom. The van der Waals surface area contributed by atoms with Crippen LogP contribution >= 0.6 is 0 Å². The molecule has 0 saturated carbocycles. The summed E-state index contributed by atoms with van der Waals surface area (Å²) in [4.78, 5) is 14.1. The number of hydrogen-bond donors (Lipinski definition) is 0. The van der Waals surface area contributed by atoms with Crippen LogP contribution in [0.1, 0.15) is 24.8 Å². The lowest BCUT2D eigenvalue weighted by Gasteiger charge is -2.26. The Hall–Kier alpha value is -1.36. The van der Waals surface area contributed by atoms with Gasteiger partial charge in [-0.25, -0.2) is 8.42 Å². The van der Waals surface area contributed by atoms with Gasteiger partial charge in [0.1, 0.15) is 0 Å². The maximum absolute atomic E-state index is 12.2. The molecule has 0 unspecified atom stereocenters. The first-order valence-electron chi connectivity index (χ1n) is 7.09. The summed E-state index contributed by atoms with van der Waals surface area (Å²) in [5.74, 6) is 0.530. The van der Waals surface area contributed by atoms with E-state index in [4.69, 9.17) is 0 Å². The number of likely N-dealkylation sites (tertiary alicyclic amines) is 1. The molecular weight excluding hydrogens is 274 g/mol. The Kier molecular flexibility index (Phi) is 3.54. The molecule has 2 saturated heterocycles. The van der Waals surface area contributed by atoms with Gasteiger partial charge in [-0.3, -0.25) is 4.79 Å². The average molecular weight is 293 g/mol. The number of amides is 1. The van der Waals surface area contributed by atoms with Gasteiger partial charge in [-0.05, 0) is 18.4 Å². The molecule has 2 fully saturated rings. The smallest absolute Gasteiger partial charge is 0.223 e. The molecule has 2 aliphatic heterocycles. The molecule has 20 heavy (non-hydrogen) atoms. The minimum absolute atomic E-state index is 0.0151. The van der Waals surface area contributed by atoms with Crippen molar-refractivity contribution in [2.45, 2.75) is 31.8 Å². The molecule has 2 atom stereocenters. The molecule has 0 aliphatic carbocycles. The number of benzene rings is 1. The Balaban J connectivity index is 1.80. The largest absolute Gasteiger partial charge is 0.335 e. The van der Waals surface area contributed by atoms with E-state index in [9.17, 15) is 13.2 Å². The van der Waals surface area contributed by atoms with Crippen LogP contribution in [0.2, 0.25) is 0 Å². The second-order valence-corrected chi connectivity index (χ2v) is 8.02. The number of carbonyl (C=O) groups excluding carboxylic acids is 1. The highest BCUT2D eigenvalue weighted by Crippen LogP contribution is 2.33. The minimum Gasteiger partial charge on any atom is -0.335 e. The van der Waals surface area contributed by atoms with Crippen LogP contribution < -0.4 is 0 Å². The summed E-state index contributed by atoms with van der Waals surface area (Å²) in [6.07, 6.45) is 1.86. The van der Waals surface area contributed by atoms with Crippen molar-refractivity contribution in [2.75, 3.05) is 11.5 Å². The van der Waals surface area contributed by atoms with Crippen LogP contribution in [-0.2, 0) is 21.2 Å². The van der Waals surface area contributed by atoms with E-state index in [0.29, 0.717) is 19.4 Å². The summed E-state index contributed by atoms with van der Waals surface area (Å²) >= 11 is 0. The molecule has 1 amide bonds. The van der Waals surface area contributed by atoms with E-state index in [0.717, 1.165) is 12.0 Å². The van der Waals surface area contributed by atoms with E-state index in [1.54, 1.807) is 0 Å². The zero-order chi connectivity index (χ0) is 14.2. The Bertz CT molecular complexity index is 597. The van der Waals surface area contributed by atoms with Crippen molar-refractivity contribution in [1.82, 2.24) is 4.90 Å². The predicted octanol–water partition coefficient (Wildman–Crippen LogP) is 1.61. The first kappa shape index (κ1) is 13.6. The monoisotopic (exact) mass is 293 g/mol. The summed E-state index contributed by atoms with van der Waals surface area (Å²) in [6.45, 7) is 0.598. The lowest BCUT2D eigenvalue weighted by molar-refractivity contribution is -0.129. The Labute approximate surface area is 119 Å². The van der Waals surface area contributed by atoms with Crippen molar-refractivity contribution in [3.63, 3.8) is 0 Å². The minimum atomic E-state index is -2.97. The van der Waals surface area contributed by atoms with Gasteiger partial charge in [-0.1, -0.05) is 30.3 Å². The molecule has 1 aromatic rings. The third-order valence-corrected chi connectivity index (χ3v) is 6.17. The molecular formula is C15H19NO3S. The van der Waals surface area contributed by atoms with Crippen LogP contribution in [0.3, 0.4) is 0 Å². The molecule has 0 radical (unpaired) electrons. The van der Waals surface area contributed by atoms with E-state index >= 15 is 0 Å². The van der Waals surface area contributed by atoms with Gasteiger partial charge in [0.25, 0.3) is 0 Å². The molecule has 5 heteroatoms. The maximum atomic E-state index is 12.2. The highest BCUT2D eigenvalue weighted by Gasteiger charge is 2.42. The second kappa shape index (κ2) is 5.20. The topological polar surface area (TPSA) is 54.5 Å². The summed E-state index contributed by atoms with van der Waals surface area (Å²) in [5, 5.41) is 0. The molecule has 3 rings (SSSR count). The molecule has 0 aromatic heterocycles. The highest BCUT2D eigenvalue weighted by atomic mass is 32.2. The number of rotatable bonds is 2. The predicted molar refractivity (Wildman–Crippen MR) is 76.8 cm³/mol. The third-order valence-electron chi connectivity index (χ3n) is 4.32. The molecule has 0 bridgehead atoms. The molecule has 4 nitrogen and oxygen atoms in total. The maximum Gasteiger partial charge on any atom is 0.223 e. The SMILES string of the molecule is O=C1C[C@H]2CS(=O)(=O)CCC[C@@H]2N1Cc1ccccc1. The summed E-state index contributed by atoms with van der Waals surface area (Å²) in [5.41, 5.74) is 1.11. The number of carbonyl (C=O) groups is 1. The van der Waals surface area contributed by atoms with Crippen molar-refractivity contribution >= 4 is 15.7 Å². The standard InChI is InChI=1S/C15H19NO3S/c17-15-9-13-11-20(18,19)8-4-7-14(13)16(15)10-12-5-2-1-3-6-12/h1-3,5-6,13-14H,4,7-11H2/t13-,14-/m0/s1. The first-order chi connectivity index (χ1) is 9.55. The molecule has 0 spiro atoms. The first-order valence-corrected chi connectivity index (χ1v) is 8.91. The zero-order valence-corrected chi connectivity index (χ0v) is 12.2. The molecule has 108 valence electrons. The van der Waals surface area contributed by atoms with Crippen LogP contribution in [0.5, 0.6) is 0 Å². The zero-order valence-electron chi connectivity index (χ0n) is 11.4. The van der Waals surface area contributed by atoms with Gasteiger partial charge in [0.2, 0.25) is 5.91 Å². The summed E-state index contributed by atoms with van der Waals surface area (Å²) in [6, 6.07) is 9.99. The lowest BCUT2D eigenvalue weighted by atomic mass is 9.98. The molecule has 2 heterocycles. The van der Waals surface area contributed by atoms with Gasteiger partial charge < -0.3 is 4.90 Å².